The molecular weight excluding hydrogens is 248 g/mol. The molecule has 0 spiro atoms. The van der Waals surface area contributed by atoms with Crippen LogP contribution in [0.2, 0.25) is 0 Å². The van der Waals surface area contributed by atoms with Gasteiger partial charge in [-0.05, 0) is 23.3 Å². The smallest absolute Gasteiger partial charge is 0.306 e. The summed E-state index contributed by atoms with van der Waals surface area (Å²) in [6.45, 7) is 2.73. The van der Waals surface area contributed by atoms with Gasteiger partial charge >= 0.3 is 5.97 Å². The molecule has 0 saturated heterocycles. The molecule has 0 aliphatic heterocycles. The predicted molar refractivity (Wildman–Crippen MR) is 66.5 cm³/mol. The lowest BCUT2D eigenvalue weighted by Crippen LogP contribution is -2.26. The molecule has 1 aromatic heterocycles. The first kappa shape index (κ1) is 13.9. The van der Waals surface area contributed by atoms with Crippen molar-refractivity contribution in [2.24, 2.45) is 5.92 Å². The number of rotatable bonds is 8. The van der Waals surface area contributed by atoms with Crippen molar-refractivity contribution >= 4 is 5.97 Å². The minimum atomic E-state index is -0.868. The largest absolute Gasteiger partial charge is 0.481 e. The Hall–Kier alpha value is -1.50. The van der Waals surface area contributed by atoms with Crippen LogP contribution >= 0.6 is 0 Å². The molecule has 1 heterocycles. The Kier molecular flexibility index (Phi) is 4.84. The molecule has 0 radical (unpaired) electrons. The summed E-state index contributed by atoms with van der Waals surface area (Å²) in [4.78, 5) is 10.8. The topological polar surface area (TPSA) is 90.1 Å². The maximum atomic E-state index is 10.8. The molecule has 1 N–H and O–H groups in total. The van der Waals surface area contributed by atoms with Crippen molar-refractivity contribution in [3.8, 4) is 0 Å². The van der Waals surface area contributed by atoms with Crippen molar-refractivity contribution in [2.45, 2.75) is 51.7 Å². The van der Waals surface area contributed by atoms with Gasteiger partial charge in [-0.25, -0.2) is 4.68 Å². The fraction of sp³-hybridized carbons (Fsp3) is 0.833. The summed E-state index contributed by atoms with van der Waals surface area (Å²) in [5, 5.41) is 20.5. The number of aliphatic carboxylic acids is 1. The van der Waals surface area contributed by atoms with E-state index in [0.717, 1.165) is 12.2 Å². The molecule has 106 valence electrons. The van der Waals surface area contributed by atoms with Gasteiger partial charge in [0.2, 0.25) is 0 Å². The molecule has 1 aromatic rings. The Morgan fingerprint density at radius 1 is 1.58 bits per heavy atom. The second-order valence-corrected chi connectivity index (χ2v) is 4.95. The second-order valence-electron chi connectivity index (χ2n) is 4.95. The molecule has 7 nitrogen and oxygen atoms in total. The van der Waals surface area contributed by atoms with Gasteiger partial charge in [0.05, 0.1) is 19.1 Å². The standard InChI is InChI=1S/C12H20N4O3/c1-2-19-10(7-12(17)18)8-16-11(13-14-15-16)6-9-4-3-5-9/h9-10H,2-8H2,1H3,(H,17,18). The van der Waals surface area contributed by atoms with Crippen LogP contribution in [0.4, 0.5) is 0 Å². The predicted octanol–water partition coefficient (Wildman–Crippen LogP) is 0.895. The van der Waals surface area contributed by atoms with Gasteiger partial charge in [-0.3, -0.25) is 4.79 Å². The molecular formula is C12H20N4O3. The molecule has 0 aromatic carbocycles. The number of aromatic nitrogens is 4. The number of tetrazole rings is 1. The third kappa shape index (κ3) is 3.99. The van der Waals surface area contributed by atoms with Gasteiger partial charge < -0.3 is 9.84 Å². The van der Waals surface area contributed by atoms with Crippen molar-refractivity contribution in [3.05, 3.63) is 5.82 Å². The van der Waals surface area contributed by atoms with Gasteiger partial charge in [-0.2, -0.15) is 0 Å². The van der Waals surface area contributed by atoms with Gasteiger partial charge in [-0.1, -0.05) is 19.3 Å². The molecule has 1 aliphatic rings. The molecule has 0 amide bonds. The van der Waals surface area contributed by atoms with Gasteiger partial charge in [0.1, 0.15) is 0 Å². The van der Waals surface area contributed by atoms with E-state index in [1.165, 1.54) is 19.3 Å². The Balaban J connectivity index is 1.95. The summed E-state index contributed by atoms with van der Waals surface area (Å²) in [5.41, 5.74) is 0. The van der Waals surface area contributed by atoms with Crippen molar-refractivity contribution in [2.75, 3.05) is 6.61 Å². The molecule has 1 aliphatic carbocycles. The molecule has 7 heteroatoms. The average Bonchev–Trinajstić information content (AvgIpc) is 2.70. The fourth-order valence-electron chi connectivity index (χ4n) is 2.27. The third-order valence-electron chi connectivity index (χ3n) is 3.48. The van der Waals surface area contributed by atoms with Crippen LogP contribution in [0.15, 0.2) is 0 Å². The first-order valence-corrected chi connectivity index (χ1v) is 6.77. The van der Waals surface area contributed by atoms with Crippen LogP contribution in [0, 0.1) is 5.92 Å². The van der Waals surface area contributed by atoms with E-state index in [1.54, 1.807) is 4.68 Å². The molecule has 1 fully saturated rings. The van der Waals surface area contributed by atoms with E-state index in [4.69, 9.17) is 9.84 Å². The summed E-state index contributed by atoms with van der Waals surface area (Å²) >= 11 is 0. The Labute approximate surface area is 111 Å². The molecule has 2 rings (SSSR count). The van der Waals surface area contributed by atoms with Crippen molar-refractivity contribution in [1.82, 2.24) is 20.2 Å². The summed E-state index contributed by atoms with van der Waals surface area (Å²) in [5.74, 6) is 0.640. The number of carbonyl (C=O) groups is 1. The lowest BCUT2D eigenvalue weighted by atomic mass is 9.83. The SMILES string of the molecule is CCOC(CC(=O)O)Cn1nnnc1CC1CCC1. The molecule has 1 saturated carbocycles. The zero-order valence-electron chi connectivity index (χ0n) is 11.2. The van der Waals surface area contributed by atoms with Crippen LogP contribution in [0.5, 0.6) is 0 Å². The number of carboxylic acids is 1. The van der Waals surface area contributed by atoms with E-state index in [9.17, 15) is 4.79 Å². The number of nitrogens with zero attached hydrogens (tertiary/aromatic N) is 4. The number of carboxylic acid groups (broad SMARTS) is 1. The van der Waals surface area contributed by atoms with Crippen LogP contribution in [0.25, 0.3) is 0 Å². The summed E-state index contributed by atoms with van der Waals surface area (Å²) in [6.07, 6.45) is 4.21. The zero-order chi connectivity index (χ0) is 13.7. The Morgan fingerprint density at radius 2 is 2.37 bits per heavy atom. The number of hydrogen-bond acceptors (Lipinski definition) is 5. The van der Waals surface area contributed by atoms with Crippen LogP contribution < -0.4 is 0 Å². The van der Waals surface area contributed by atoms with E-state index in [0.29, 0.717) is 19.1 Å². The minimum Gasteiger partial charge on any atom is -0.481 e. The lowest BCUT2D eigenvalue weighted by molar-refractivity contribution is -0.140. The van der Waals surface area contributed by atoms with Crippen LogP contribution in [0.3, 0.4) is 0 Å². The minimum absolute atomic E-state index is 0.0312. The summed E-state index contributed by atoms with van der Waals surface area (Å²) in [6, 6.07) is 0. The quantitative estimate of drug-likeness (QED) is 0.753. The fourth-order valence-corrected chi connectivity index (χ4v) is 2.27. The van der Waals surface area contributed by atoms with Crippen molar-refractivity contribution < 1.29 is 14.6 Å². The third-order valence-corrected chi connectivity index (χ3v) is 3.48. The van der Waals surface area contributed by atoms with Gasteiger partial charge in [0.25, 0.3) is 0 Å². The first-order valence-electron chi connectivity index (χ1n) is 6.77. The highest BCUT2D eigenvalue weighted by atomic mass is 16.5. The van der Waals surface area contributed by atoms with Crippen LogP contribution in [-0.4, -0.2) is 44.0 Å². The first-order chi connectivity index (χ1) is 9.19. The van der Waals surface area contributed by atoms with Gasteiger partial charge in [-0.15, -0.1) is 5.10 Å². The summed E-state index contributed by atoms with van der Waals surface area (Å²) < 4.78 is 7.11. The van der Waals surface area contributed by atoms with Crippen LogP contribution in [-0.2, 0) is 22.5 Å². The normalized spacial score (nSPS) is 17.1. The molecule has 0 bridgehead atoms. The highest BCUT2D eigenvalue weighted by Gasteiger charge is 2.22. The van der Waals surface area contributed by atoms with Crippen molar-refractivity contribution in [3.63, 3.8) is 0 Å². The monoisotopic (exact) mass is 268 g/mol. The van der Waals surface area contributed by atoms with Crippen molar-refractivity contribution in [1.29, 1.82) is 0 Å². The van der Waals surface area contributed by atoms with Gasteiger partial charge in [0, 0.05) is 13.0 Å². The molecule has 1 unspecified atom stereocenters. The van der Waals surface area contributed by atoms with E-state index in [-0.39, 0.29) is 12.5 Å². The Bertz CT molecular complexity index is 417. The molecule has 19 heavy (non-hydrogen) atoms. The average molecular weight is 268 g/mol. The van der Waals surface area contributed by atoms with E-state index < -0.39 is 5.97 Å². The second kappa shape index (κ2) is 6.60. The van der Waals surface area contributed by atoms with E-state index in [1.807, 2.05) is 6.92 Å². The highest BCUT2D eigenvalue weighted by Crippen LogP contribution is 2.29. The maximum absolute atomic E-state index is 10.8. The number of hydrogen-bond donors (Lipinski definition) is 1. The number of ether oxygens (including phenoxy) is 1. The van der Waals surface area contributed by atoms with Crippen LogP contribution in [0.1, 0.15) is 38.4 Å². The summed E-state index contributed by atoms with van der Waals surface area (Å²) in [7, 11) is 0. The lowest BCUT2D eigenvalue weighted by Gasteiger charge is -2.24. The van der Waals surface area contributed by atoms with E-state index >= 15 is 0 Å². The highest BCUT2D eigenvalue weighted by molar-refractivity contribution is 5.67. The zero-order valence-corrected chi connectivity index (χ0v) is 11.2. The Morgan fingerprint density at radius 3 is 2.95 bits per heavy atom. The van der Waals surface area contributed by atoms with E-state index in [2.05, 4.69) is 15.5 Å². The van der Waals surface area contributed by atoms with Gasteiger partial charge in [0.15, 0.2) is 5.82 Å². The maximum Gasteiger partial charge on any atom is 0.306 e. The molecule has 1 atom stereocenters.